The molecule has 2 aromatic carbocycles. The number of thiol groups is 1. The smallest absolute Gasteiger partial charge is 0.345 e. The minimum atomic E-state index is -2.61. The third-order valence-corrected chi connectivity index (χ3v) is 3.75. The Balaban J connectivity index is 0.00000162. The minimum Gasteiger partial charge on any atom is -0.428 e. The molecule has 0 saturated carbocycles. The molecular weight excluding hydrogens is 295 g/mol. The second-order valence-corrected chi connectivity index (χ2v) is 8.41. The Morgan fingerprint density at radius 3 is 1.37 bits per heavy atom. The molecule has 0 saturated heterocycles. The second kappa shape index (κ2) is 8.26. The van der Waals surface area contributed by atoms with Gasteiger partial charge in [0.1, 0.15) is 11.5 Å². The lowest BCUT2D eigenvalue weighted by molar-refractivity contribution is 0.507. The van der Waals surface area contributed by atoms with E-state index in [1.165, 1.54) is 0 Å². The second-order valence-electron chi connectivity index (χ2n) is 3.28. The van der Waals surface area contributed by atoms with Gasteiger partial charge in [-0.3, -0.25) is 0 Å². The van der Waals surface area contributed by atoms with Crippen molar-refractivity contribution in [1.29, 1.82) is 0 Å². The Kier molecular flexibility index (Phi) is 7.84. The molecule has 0 unspecified atom stereocenters. The lowest BCUT2D eigenvalue weighted by Gasteiger charge is -2.18. The summed E-state index contributed by atoms with van der Waals surface area (Å²) in [6.07, 6.45) is 0. The molecule has 0 amide bonds. The summed E-state index contributed by atoms with van der Waals surface area (Å²) in [6, 6.07) is 18.6. The predicted molar refractivity (Wildman–Crippen MR) is 90.9 cm³/mol. The first-order valence-electron chi connectivity index (χ1n) is 4.98. The van der Waals surface area contributed by atoms with E-state index in [2.05, 4.69) is 12.2 Å². The van der Waals surface area contributed by atoms with Crippen LogP contribution in [0.25, 0.3) is 0 Å². The van der Waals surface area contributed by atoms with Crippen LogP contribution in [0.3, 0.4) is 0 Å². The summed E-state index contributed by atoms with van der Waals surface area (Å²) < 4.78 is 11.1. The van der Waals surface area contributed by atoms with Gasteiger partial charge in [0.15, 0.2) is 0 Å². The van der Waals surface area contributed by atoms with Crippen LogP contribution < -0.4 is 9.05 Å². The topological polar surface area (TPSA) is 18.5 Å². The van der Waals surface area contributed by atoms with E-state index < -0.39 is 5.69 Å². The molecule has 0 aliphatic rings. The Bertz CT molecular complexity index is 472. The van der Waals surface area contributed by atoms with Gasteiger partial charge in [0.05, 0.1) is 0 Å². The average Bonchev–Trinajstić information content (AvgIpc) is 2.30. The molecular formula is C14H19O2PS2. The van der Waals surface area contributed by atoms with Gasteiger partial charge < -0.3 is 9.05 Å². The Labute approximate surface area is 126 Å². The molecule has 104 valence electrons. The van der Waals surface area contributed by atoms with E-state index in [0.29, 0.717) is 11.5 Å². The molecule has 5 heteroatoms. The molecule has 2 aromatic rings. The molecule has 0 bridgehead atoms. The normalized spacial score (nSPS) is 9.74. The molecule has 0 spiro atoms. The van der Waals surface area contributed by atoms with Crippen molar-refractivity contribution in [2.24, 2.45) is 0 Å². The van der Waals surface area contributed by atoms with Gasteiger partial charge in [-0.25, -0.2) is 0 Å². The molecule has 2 nitrogen and oxygen atoms in total. The average molecular weight is 314 g/mol. The quantitative estimate of drug-likeness (QED) is 0.588. The predicted octanol–water partition coefficient (Wildman–Crippen LogP) is 5.57. The van der Waals surface area contributed by atoms with Crippen molar-refractivity contribution in [2.45, 2.75) is 14.9 Å². The molecule has 0 N–H and O–H groups in total. The zero-order chi connectivity index (χ0) is 12.1. The van der Waals surface area contributed by atoms with Gasteiger partial charge in [0, 0.05) is 0 Å². The van der Waals surface area contributed by atoms with Gasteiger partial charge in [-0.1, -0.05) is 63.5 Å². The van der Waals surface area contributed by atoms with E-state index in [1.54, 1.807) is 0 Å². The van der Waals surface area contributed by atoms with Crippen molar-refractivity contribution in [1.82, 2.24) is 0 Å². The minimum absolute atomic E-state index is 0. The van der Waals surface area contributed by atoms with Crippen LogP contribution in [-0.2, 0) is 11.8 Å². The van der Waals surface area contributed by atoms with Crippen LogP contribution in [0.4, 0.5) is 0 Å². The highest BCUT2D eigenvalue weighted by molar-refractivity contribution is 8.60. The van der Waals surface area contributed by atoms with Gasteiger partial charge in [-0.15, -0.1) is 0 Å². The van der Waals surface area contributed by atoms with Crippen LogP contribution >= 0.6 is 17.9 Å². The summed E-state index contributed by atoms with van der Waals surface area (Å²) in [6.45, 7) is 0. The van der Waals surface area contributed by atoms with Crippen molar-refractivity contribution < 1.29 is 9.05 Å². The van der Waals surface area contributed by atoms with Crippen LogP contribution in [0.1, 0.15) is 14.9 Å². The van der Waals surface area contributed by atoms with E-state index >= 15 is 0 Å². The molecule has 0 heterocycles. The maximum absolute atomic E-state index is 5.57. The SMILES string of the molecule is C.C.S=P(S)(Oc1ccccc1)Oc1ccccc1. The Morgan fingerprint density at radius 2 is 1.05 bits per heavy atom. The van der Waals surface area contributed by atoms with Gasteiger partial charge in [-0.05, 0) is 36.1 Å². The molecule has 19 heavy (non-hydrogen) atoms. The number of rotatable bonds is 4. The Morgan fingerprint density at radius 1 is 0.737 bits per heavy atom. The number of para-hydroxylation sites is 2. The summed E-state index contributed by atoms with van der Waals surface area (Å²) in [7, 11) is 0. The van der Waals surface area contributed by atoms with Crippen molar-refractivity contribution in [3.8, 4) is 11.5 Å². The molecule has 0 fully saturated rings. The molecule has 0 aromatic heterocycles. The van der Waals surface area contributed by atoms with Crippen LogP contribution in [-0.4, -0.2) is 0 Å². The van der Waals surface area contributed by atoms with Crippen molar-refractivity contribution in [3.05, 3.63) is 60.7 Å². The zero-order valence-corrected chi connectivity index (χ0v) is 11.5. The standard InChI is InChI=1S/C12H11O2PS2.2CH4/c16-15(17,13-11-7-3-1-4-8-11)14-12-9-5-2-6-10-12;;/h1-10H,(H,16,17);2*1H4. The molecule has 0 radical (unpaired) electrons. The first kappa shape index (κ1) is 18.0. The van der Waals surface area contributed by atoms with E-state index in [4.69, 9.17) is 20.9 Å². The Hall–Kier alpha value is -0.960. The summed E-state index contributed by atoms with van der Waals surface area (Å²) in [5.74, 6) is 1.34. The van der Waals surface area contributed by atoms with E-state index in [-0.39, 0.29) is 14.9 Å². The first-order chi connectivity index (χ1) is 8.16. The first-order valence-corrected chi connectivity index (χ1v) is 8.77. The highest BCUT2D eigenvalue weighted by Gasteiger charge is 2.16. The van der Waals surface area contributed by atoms with Gasteiger partial charge in [0.25, 0.3) is 0 Å². The van der Waals surface area contributed by atoms with Crippen molar-refractivity contribution >= 4 is 29.7 Å². The number of hydrogen-bond donors (Lipinski definition) is 1. The fraction of sp³-hybridized carbons (Fsp3) is 0.143. The number of hydrogen-bond acceptors (Lipinski definition) is 3. The van der Waals surface area contributed by atoms with E-state index in [0.717, 1.165) is 0 Å². The molecule has 0 aliphatic heterocycles. The van der Waals surface area contributed by atoms with Crippen LogP contribution in [0.15, 0.2) is 60.7 Å². The summed E-state index contributed by atoms with van der Waals surface area (Å²) in [4.78, 5) is 0. The maximum atomic E-state index is 5.57. The van der Waals surface area contributed by atoms with Gasteiger partial charge >= 0.3 is 5.69 Å². The van der Waals surface area contributed by atoms with Gasteiger partial charge in [0.2, 0.25) is 0 Å². The lowest BCUT2D eigenvalue weighted by atomic mass is 10.3. The molecule has 2 rings (SSSR count). The van der Waals surface area contributed by atoms with Crippen molar-refractivity contribution in [2.75, 3.05) is 0 Å². The third-order valence-electron chi connectivity index (χ3n) is 1.93. The summed E-state index contributed by atoms with van der Waals surface area (Å²) >= 11 is 9.53. The largest absolute Gasteiger partial charge is 0.428 e. The highest BCUT2D eigenvalue weighted by Crippen LogP contribution is 2.52. The number of benzene rings is 2. The monoisotopic (exact) mass is 314 g/mol. The van der Waals surface area contributed by atoms with E-state index in [1.807, 2.05) is 60.7 Å². The summed E-state index contributed by atoms with van der Waals surface area (Å²) in [5, 5.41) is 0. The van der Waals surface area contributed by atoms with Gasteiger partial charge in [-0.2, -0.15) is 0 Å². The fourth-order valence-electron chi connectivity index (χ4n) is 1.25. The van der Waals surface area contributed by atoms with Crippen LogP contribution in [0.2, 0.25) is 0 Å². The molecule has 0 atom stereocenters. The molecule has 0 aliphatic carbocycles. The van der Waals surface area contributed by atoms with Crippen LogP contribution in [0.5, 0.6) is 11.5 Å². The summed E-state index contributed by atoms with van der Waals surface area (Å²) in [5.41, 5.74) is -2.61. The fourth-order valence-corrected chi connectivity index (χ4v) is 3.14. The zero-order valence-electron chi connectivity index (χ0n) is 8.89. The third kappa shape index (κ3) is 6.15. The van der Waals surface area contributed by atoms with E-state index in [9.17, 15) is 0 Å². The van der Waals surface area contributed by atoms with Crippen molar-refractivity contribution in [3.63, 3.8) is 0 Å². The van der Waals surface area contributed by atoms with Crippen LogP contribution in [0, 0.1) is 0 Å². The lowest BCUT2D eigenvalue weighted by Crippen LogP contribution is -1.94. The highest BCUT2D eigenvalue weighted by atomic mass is 32.9. The maximum Gasteiger partial charge on any atom is 0.345 e.